The summed E-state index contributed by atoms with van der Waals surface area (Å²) in [4.78, 5) is 77.0. The van der Waals surface area contributed by atoms with Crippen LogP contribution in [0.1, 0.15) is 137 Å². The monoisotopic (exact) mass is 1030 g/mol. The first-order chi connectivity index (χ1) is 36.2. The van der Waals surface area contributed by atoms with Gasteiger partial charge in [0.2, 0.25) is 11.8 Å². The third-order valence-corrected chi connectivity index (χ3v) is 16.1. The molecule has 0 bridgehead atoms. The second-order valence-electron chi connectivity index (χ2n) is 21.3. The molecule has 0 radical (unpaired) electrons. The highest BCUT2D eigenvalue weighted by atomic mass is 19.1. The highest BCUT2D eigenvalue weighted by molar-refractivity contribution is 5.88. The number of rotatable bonds is 13. The van der Waals surface area contributed by atoms with Gasteiger partial charge in [0, 0.05) is 31.9 Å². The van der Waals surface area contributed by atoms with Crippen molar-refractivity contribution in [3.63, 3.8) is 0 Å². The van der Waals surface area contributed by atoms with Crippen LogP contribution in [0, 0.1) is 23.5 Å². The van der Waals surface area contributed by atoms with Gasteiger partial charge in [-0.1, -0.05) is 70.2 Å². The second kappa shape index (κ2) is 21.5. The van der Waals surface area contributed by atoms with Crippen LogP contribution < -0.4 is 20.4 Å². The Morgan fingerprint density at radius 3 is 1.49 bits per heavy atom. The smallest absolute Gasteiger partial charge is 0.407 e. The van der Waals surface area contributed by atoms with Crippen molar-refractivity contribution < 1.29 is 37.4 Å². The number of benzene rings is 4. The lowest BCUT2D eigenvalue weighted by molar-refractivity contribution is -0.136. The van der Waals surface area contributed by atoms with E-state index in [4.69, 9.17) is 19.4 Å². The molecule has 16 nitrogen and oxygen atoms in total. The molecule has 0 spiro atoms. The molecule has 0 unspecified atom stereocenters. The van der Waals surface area contributed by atoms with Crippen molar-refractivity contribution in [2.24, 2.45) is 11.8 Å². The predicted molar refractivity (Wildman–Crippen MR) is 282 cm³/mol. The fourth-order valence-electron chi connectivity index (χ4n) is 12.2. The molecule has 4 aliphatic rings. The number of imidazole rings is 2. The molecule has 4 N–H and O–H groups in total. The van der Waals surface area contributed by atoms with E-state index in [0.717, 1.165) is 58.9 Å². The molecule has 4 aliphatic heterocycles. The minimum atomic E-state index is -0.767. The number of halogens is 2. The molecule has 396 valence electrons. The van der Waals surface area contributed by atoms with Gasteiger partial charge in [-0.3, -0.25) is 9.59 Å². The number of alkyl carbamates (subject to hydrolysis) is 2. The number of H-pyrrole nitrogens is 2. The van der Waals surface area contributed by atoms with Crippen molar-refractivity contribution in [1.82, 2.24) is 40.4 Å². The minimum Gasteiger partial charge on any atom is -0.453 e. The van der Waals surface area contributed by atoms with Crippen LogP contribution in [0.5, 0.6) is 0 Å². The quantitative estimate of drug-likeness (QED) is 0.0869. The first kappa shape index (κ1) is 51.3. The highest BCUT2D eigenvalue weighted by Crippen LogP contribution is 2.49. The first-order valence-electron chi connectivity index (χ1n) is 26.6. The lowest BCUT2D eigenvalue weighted by Crippen LogP contribution is -2.51. The van der Waals surface area contributed by atoms with Crippen molar-refractivity contribution in [2.45, 2.75) is 121 Å². The van der Waals surface area contributed by atoms with E-state index in [-0.39, 0.29) is 53.5 Å². The molecule has 4 saturated heterocycles. The molecule has 0 saturated carbocycles. The fraction of sp³-hybridized carbons (Fsp3) is 0.474. The van der Waals surface area contributed by atoms with Gasteiger partial charge in [0.15, 0.2) is 11.6 Å². The summed E-state index contributed by atoms with van der Waals surface area (Å²) in [6.07, 6.45) is 4.54. The molecule has 2 aromatic heterocycles. The van der Waals surface area contributed by atoms with Crippen molar-refractivity contribution in [1.29, 1.82) is 0 Å². The Labute approximate surface area is 435 Å². The molecule has 4 aromatic carbocycles. The summed E-state index contributed by atoms with van der Waals surface area (Å²) in [6, 6.07) is 22.6. The van der Waals surface area contributed by atoms with E-state index in [2.05, 4.69) is 49.8 Å². The van der Waals surface area contributed by atoms with Gasteiger partial charge in [-0.05, 0) is 122 Å². The van der Waals surface area contributed by atoms with E-state index < -0.39 is 35.9 Å². The van der Waals surface area contributed by atoms with Gasteiger partial charge in [-0.2, -0.15) is 0 Å². The maximum Gasteiger partial charge on any atom is 0.407 e. The maximum atomic E-state index is 16.8. The molecule has 0 aliphatic carbocycles. The zero-order chi connectivity index (χ0) is 52.7. The van der Waals surface area contributed by atoms with Crippen LogP contribution in [0.15, 0.2) is 78.9 Å². The summed E-state index contributed by atoms with van der Waals surface area (Å²) in [6.45, 7) is 9.64. The Morgan fingerprint density at radius 2 is 1.05 bits per heavy atom. The van der Waals surface area contributed by atoms with Crippen LogP contribution in [-0.2, 0) is 19.1 Å². The summed E-state index contributed by atoms with van der Waals surface area (Å²) in [5, 5.41) is 5.43. The third-order valence-electron chi connectivity index (χ3n) is 16.1. The molecular weight excluding hydrogens is 959 g/mol. The largest absolute Gasteiger partial charge is 0.453 e. The Hall–Kier alpha value is -7.24. The number of hydrogen-bond donors (Lipinski definition) is 4. The molecular formula is C57H68F2N10O6. The lowest BCUT2D eigenvalue weighted by Gasteiger charge is -2.36. The fourth-order valence-corrected chi connectivity index (χ4v) is 12.2. The van der Waals surface area contributed by atoms with E-state index in [1.807, 2.05) is 75.1 Å². The SMILES string of the molecule is COC(=O)N[C@H](C(=O)N1CCC[C@H]1c1nc2ccc([C@H]3CC[C@@H](c4ccc5nc([C@@H]6CCCN6C(=O)[C@@H](NC(=O)OC)C(C)C)[nH]c5c4)N3c3cc(F)c(N4CCC(c5ccccc5)CC4)c(F)c3)cc2[nH]1)C(C)C. The number of amides is 4. The van der Waals surface area contributed by atoms with E-state index in [0.29, 0.717) is 75.1 Å². The molecule has 4 fully saturated rings. The number of carbonyl (C=O) groups excluding carboxylic acids is 4. The summed E-state index contributed by atoms with van der Waals surface area (Å²) >= 11 is 0. The van der Waals surface area contributed by atoms with Crippen LogP contribution >= 0.6 is 0 Å². The van der Waals surface area contributed by atoms with E-state index in [1.54, 1.807) is 9.80 Å². The van der Waals surface area contributed by atoms with Gasteiger partial charge in [0.25, 0.3) is 0 Å². The number of likely N-dealkylation sites (tertiary alicyclic amines) is 2. The Balaban J connectivity index is 0.965. The van der Waals surface area contributed by atoms with Gasteiger partial charge >= 0.3 is 12.2 Å². The van der Waals surface area contributed by atoms with Crippen LogP contribution in [0.4, 0.5) is 29.7 Å². The van der Waals surface area contributed by atoms with E-state index >= 15 is 8.78 Å². The second-order valence-corrected chi connectivity index (χ2v) is 21.3. The minimum absolute atomic E-state index is 0.00385. The van der Waals surface area contributed by atoms with Crippen LogP contribution in [0.2, 0.25) is 0 Å². The molecule has 6 atom stereocenters. The molecule has 18 heteroatoms. The number of piperidine rings is 1. The van der Waals surface area contributed by atoms with E-state index in [1.165, 1.54) is 31.9 Å². The van der Waals surface area contributed by atoms with Gasteiger partial charge in [0.05, 0.1) is 60.5 Å². The van der Waals surface area contributed by atoms with Gasteiger partial charge in [-0.15, -0.1) is 0 Å². The van der Waals surface area contributed by atoms with Crippen LogP contribution in [0.25, 0.3) is 22.1 Å². The number of hydrogen-bond acceptors (Lipinski definition) is 10. The normalized spacial score (nSPS) is 21.1. The number of methoxy groups -OCH3 is 2. The predicted octanol–water partition coefficient (Wildman–Crippen LogP) is 10.3. The van der Waals surface area contributed by atoms with Gasteiger partial charge in [0.1, 0.15) is 29.4 Å². The highest BCUT2D eigenvalue weighted by Gasteiger charge is 2.41. The zero-order valence-corrected chi connectivity index (χ0v) is 43.6. The Kier molecular flexibility index (Phi) is 14.7. The van der Waals surface area contributed by atoms with Crippen LogP contribution in [0.3, 0.4) is 0 Å². The molecule has 6 aromatic rings. The number of fused-ring (bicyclic) bond motifs is 2. The van der Waals surface area contributed by atoms with Crippen LogP contribution in [-0.4, -0.2) is 106 Å². The number of nitrogens with one attached hydrogen (secondary N) is 4. The number of aromatic amines is 2. The zero-order valence-electron chi connectivity index (χ0n) is 43.6. The summed E-state index contributed by atoms with van der Waals surface area (Å²) in [7, 11) is 2.55. The Bertz CT molecular complexity index is 2890. The summed E-state index contributed by atoms with van der Waals surface area (Å²) < 4.78 is 43.3. The molecule has 10 rings (SSSR count). The molecule has 4 amide bonds. The van der Waals surface area contributed by atoms with Gasteiger partial charge in [-0.25, -0.2) is 28.3 Å². The van der Waals surface area contributed by atoms with Crippen molar-refractivity contribution in [3.8, 4) is 0 Å². The van der Waals surface area contributed by atoms with Crippen molar-refractivity contribution >= 4 is 57.4 Å². The standard InChI is InChI=1S/C57H68F2N10O6/c1-32(2)49(64-56(72)74-5)54(70)67-24-10-14-47(67)52-60-41-18-16-36(28-43(41)62-52)45-20-21-46(69(45)38-30-39(58)51(40(59)31-38)66-26-22-35(23-27-66)34-12-8-7-9-13-34)37-17-19-42-44(29-37)63-53(61-42)48-15-11-25-68(48)55(71)50(33(3)4)65-57(73)75-6/h7-9,12-13,16-19,28-33,35,45-50H,10-11,14-15,20-27H2,1-6H3,(H,60,62)(H,61,63)(H,64,72)(H,65,73)/t45-,46+,47-,48-,49-,50-/m0/s1. The van der Waals surface area contributed by atoms with E-state index in [9.17, 15) is 19.2 Å². The number of anilines is 2. The molecule has 75 heavy (non-hydrogen) atoms. The topological polar surface area (TPSA) is 181 Å². The lowest BCUT2D eigenvalue weighted by atomic mass is 9.89. The average Bonchev–Trinajstić information content (AvgIpc) is 4.28. The van der Waals surface area contributed by atoms with Gasteiger partial charge < -0.3 is 49.7 Å². The number of nitrogens with zero attached hydrogens (tertiary/aromatic N) is 6. The van der Waals surface area contributed by atoms with Crippen molar-refractivity contribution in [3.05, 3.63) is 119 Å². The maximum absolute atomic E-state index is 16.8. The number of aromatic nitrogens is 4. The van der Waals surface area contributed by atoms with Crippen molar-refractivity contribution in [2.75, 3.05) is 50.2 Å². The Morgan fingerprint density at radius 1 is 0.587 bits per heavy atom. The summed E-state index contributed by atoms with van der Waals surface area (Å²) in [5.74, 6) is -0.332. The number of carbonyl (C=O) groups is 4. The third kappa shape index (κ3) is 10.2. The number of ether oxygens (including phenoxy) is 2. The average molecular weight is 1030 g/mol. The summed E-state index contributed by atoms with van der Waals surface area (Å²) in [5.41, 5.74) is 6.54. The first-order valence-corrected chi connectivity index (χ1v) is 26.6. The molecule has 6 heterocycles.